The molecule has 26 heavy (non-hydrogen) atoms. The first-order valence-corrected chi connectivity index (χ1v) is 8.81. The molecule has 4 rings (SSSR count). The molecule has 8 heteroatoms. The van der Waals surface area contributed by atoms with Crippen molar-refractivity contribution in [2.24, 2.45) is 0 Å². The number of thiophene rings is 1. The number of carbonyl (C=O) groups excluding carboxylic acids is 2. The van der Waals surface area contributed by atoms with Crippen LogP contribution in [0, 0.1) is 0 Å². The molecule has 2 amide bonds. The molecule has 7 nitrogen and oxygen atoms in total. The Bertz CT molecular complexity index is 1040. The van der Waals surface area contributed by atoms with Gasteiger partial charge in [-0.1, -0.05) is 18.2 Å². The van der Waals surface area contributed by atoms with E-state index in [0.717, 1.165) is 9.56 Å². The van der Waals surface area contributed by atoms with Crippen molar-refractivity contribution in [1.29, 1.82) is 0 Å². The minimum atomic E-state index is -0.370. The summed E-state index contributed by atoms with van der Waals surface area (Å²) in [6, 6.07) is 13.9. The van der Waals surface area contributed by atoms with Crippen LogP contribution in [0.5, 0.6) is 0 Å². The molecule has 1 aliphatic rings. The average Bonchev–Trinajstić information content (AvgIpc) is 3.17. The Hall–Kier alpha value is -3.26. The largest absolute Gasteiger partial charge is 0.323 e. The van der Waals surface area contributed by atoms with Gasteiger partial charge in [0.1, 0.15) is 18.8 Å². The minimum Gasteiger partial charge on any atom is -0.323 e. The number of carbonyl (C=O) groups is 2. The van der Waals surface area contributed by atoms with Gasteiger partial charge in [0.25, 0.3) is 5.56 Å². The van der Waals surface area contributed by atoms with Gasteiger partial charge in [-0.15, -0.1) is 11.3 Å². The fourth-order valence-corrected chi connectivity index (χ4v) is 3.48. The zero-order chi connectivity index (χ0) is 18.1. The van der Waals surface area contributed by atoms with Crippen LogP contribution in [0.15, 0.2) is 58.7 Å². The second-order valence-electron chi connectivity index (χ2n) is 5.74. The van der Waals surface area contributed by atoms with Gasteiger partial charge in [-0.05, 0) is 29.6 Å². The smallest absolute Gasteiger partial charge is 0.267 e. The van der Waals surface area contributed by atoms with E-state index in [-0.39, 0.29) is 30.5 Å². The van der Waals surface area contributed by atoms with Gasteiger partial charge in [-0.2, -0.15) is 5.10 Å². The predicted molar refractivity (Wildman–Crippen MR) is 99.2 cm³/mol. The molecule has 2 aromatic heterocycles. The summed E-state index contributed by atoms with van der Waals surface area (Å²) in [6.45, 7) is -0.325. The third-order valence-electron chi connectivity index (χ3n) is 4.00. The summed E-state index contributed by atoms with van der Waals surface area (Å²) in [5.41, 5.74) is 1.45. The topological polar surface area (TPSA) is 84.3 Å². The third kappa shape index (κ3) is 3.02. The fourth-order valence-electron chi connectivity index (χ4n) is 2.79. The summed E-state index contributed by atoms with van der Waals surface area (Å²) in [4.78, 5) is 39.1. The fraction of sp³-hybridized carbons (Fsp3) is 0.111. The second-order valence-corrected chi connectivity index (χ2v) is 6.68. The quantitative estimate of drug-likeness (QED) is 0.768. The van der Waals surface area contributed by atoms with E-state index < -0.39 is 0 Å². The molecule has 0 atom stereocenters. The highest BCUT2D eigenvalue weighted by Crippen LogP contribution is 2.29. The molecule has 0 fully saturated rings. The number of aromatic nitrogens is 2. The van der Waals surface area contributed by atoms with Crippen LogP contribution in [0.1, 0.15) is 0 Å². The van der Waals surface area contributed by atoms with E-state index in [1.165, 1.54) is 22.3 Å². The molecule has 0 bridgehead atoms. The zero-order valence-electron chi connectivity index (χ0n) is 13.6. The molecule has 0 radical (unpaired) electrons. The molecular formula is C18H14N4O3S. The maximum atomic E-state index is 12.8. The van der Waals surface area contributed by atoms with Gasteiger partial charge in [-0.3, -0.25) is 19.3 Å². The van der Waals surface area contributed by atoms with Crippen molar-refractivity contribution in [1.82, 2.24) is 9.78 Å². The number of nitrogens with one attached hydrogen (secondary N) is 1. The van der Waals surface area contributed by atoms with Gasteiger partial charge >= 0.3 is 0 Å². The SMILES string of the molecule is O=C1CN(C(=O)Cn2nc(-c3cccs3)ccc2=O)c2ccccc2N1. The highest BCUT2D eigenvalue weighted by Gasteiger charge is 2.27. The van der Waals surface area contributed by atoms with Crippen molar-refractivity contribution >= 4 is 34.5 Å². The van der Waals surface area contributed by atoms with Gasteiger partial charge < -0.3 is 5.32 Å². The van der Waals surface area contributed by atoms with Crippen LogP contribution in [0.3, 0.4) is 0 Å². The second kappa shape index (κ2) is 6.57. The van der Waals surface area contributed by atoms with E-state index in [4.69, 9.17) is 0 Å². The summed E-state index contributed by atoms with van der Waals surface area (Å²) in [5.74, 6) is -0.644. The van der Waals surface area contributed by atoms with Gasteiger partial charge in [0.15, 0.2) is 0 Å². The Morgan fingerprint density at radius 3 is 2.77 bits per heavy atom. The predicted octanol–water partition coefficient (Wildman–Crippen LogP) is 1.96. The maximum absolute atomic E-state index is 12.8. The Morgan fingerprint density at radius 1 is 1.12 bits per heavy atom. The monoisotopic (exact) mass is 366 g/mol. The molecule has 0 saturated heterocycles. The number of nitrogens with zero attached hydrogens (tertiary/aromatic N) is 3. The summed E-state index contributed by atoms with van der Waals surface area (Å²) in [7, 11) is 0. The average molecular weight is 366 g/mol. The molecule has 0 spiro atoms. The van der Waals surface area contributed by atoms with Gasteiger partial charge in [0, 0.05) is 6.07 Å². The van der Waals surface area contributed by atoms with E-state index in [2.05, 4.69) is 10.4 Å². The summed E-state index contributed by atoms with van der Waals surface area (Å²) < 4.78 is 1.13. The molecular weight excluding hydrogens is 352 g/mol. The van der Waals surface area contributed by atoms with Crippen LogP contribution < -0.4 is 15.8 Å². The van der Waals surface area contributed by atoms with Crippen molar-refractivity contribution in [3.05, 3.63) is 64.3 Å². The van der Waals surface area contributed by atoms with Crippen molar-refractivity contribution in [3.63, 3.8) is 0 Å². The lowest BCUT2D eigenvalue weighted by Gasteiger charge is -2.29. The minimum absolute atomic E-state index is 0.0881. The normalized spacial score (nSPS) is 13.2. The number of hydrogen-bond acceptors (Lipinski definition) is 5. The number of amides is 2. The standard InChI is InChI=1S/C18H14N4O3S/c23-16-10-21(14-5-2-1-4-12(14)19-16)18(25)11-22-17(24)8-7-13(20-22)15-6-3-9-26-15/h1-9H,10-11H2,(H,19,23). The van der Waals surface area contributed by atoms with Crippen molar-refractivity contribution in [3.8, 4) is 10.6 Å². The number of fused-ring (bicyclic) bond motifs is 1. The third-order valence-corrected chi connectivity index (χ3v) is 4.89. The van der Waals surface area contributed by atoms with Crippen LogP contribution in [-0.4, -0.2) is 28.1 Å². The Kier molecular flexibility index (Phi) is 4.10. The zero-order valence-corrected chi connectivity index (χ0v) is 14.4. The van der Waals surface area contributed by atoms with E-state index in [1.807, 2.05) is 17.5 Å². The van der Waals surface area contributed by atoms with E-state index in [9.17, 15) is 14.4 Å². The Balaban J connectivity index is 1.64. The van der Waals surface area contributed by atoms with Crippen LogP contribution in [-0.2, 0) is 16.1 Å². The van der Waals surface area contributed by atoms with Crippen LogP contribution in [0.4, 0.5) is 11.4 Å². The first-order valence-electron chi connectivity index (χ1n) is 7.93. The highest BCUT2D eigenvalue weighted by atomic mass is 32.1. The van der Waals surface area contributed by atoms with Crippen LogP contribution >= 0.6 is 11.3 Å². The first kappa shape index (κ1) is 16.2. The molecule has 0 unspecified atom stereocenters. The van der Waals surface area contributed by atoms with Gasteiger partial charge in [-0.25, -0.2) is 4.68 Å². The lowest BCUT2D eigenvalue weighted by Crippen LogP contribution is -2.44. The lowest BCUT2D eigenvalue weighted by molar-refractivity contribution is -0.122. The molecule has 3 aromatic rings. The number of benzene rings is 1. The Morgan fingerprint density at radius 2 is 1.96 bits per heavy atom. The van der Waals surface area contributed by atoms with E-state index in [1.54, 1.807) is 30.3 Å². The number of anilines is 2. The molecule has 1 aromatic carbocycles. The first-order chi connectivity index (χ1) is 12.6. The molecule has 1 aliphatic heterocycles. The van der Waals surface area contributed by atoms with Crippen molar-refractivity contribution in [2.75, 3.05) is 16.8 Å². The Labute approximate surface area is 152 Å². The summed E-state index contributed by atoms with van der Waals surface area (Å²) in [5, 5.41) is 8.94. The molecule has 0 saturated carbocycles. The molecule has 130 valence electrons. The van der Waals surface area contributed by atoms with Crippen molar-refractivity contribution in [2.45, 2.75) is 6.54 Å². The maximum Gasteiger partial charge on any atom is 0.267 e. The summed E-state index contributed by atoms with van der Waals surface area (Å²) >= 11 is 1.50. The van der Waals surface area contributed by atoms with Crippen LogP contribution in [0.25, 0.3) is 10.6 Å². The lowest BCUT2D eigenvalue weighted by atomic mass is 10.2. The highest BCUT2D eigenvalue weighted by molar-refractivity contribution is 7.13. The summed E-state index contributed by atoms with van der Waals surface area (Å²) in [6.07, 6.45) is 0. The van der Waals surface area contributed by atoms with Gasteiger partial charge in [0.2, 0.25) is 11.8 Å². The molecule has 0 aliphatic carbocycles. The van der Waals surface area contributed by atoms with Crippen molar-refractivity contribution < 1.29 is 9.59 Å². The number of rotatable bonds is 3. The van der Waals surface area contributed by atoms with E-state index in [0.29, 0.717) is 17.1 Å². The number of para-hydroxylation sites is 2. The molecule has 1 N–H and O–H groups in total. The van der Waals surface area contributed by atoms with E-state index >= 15 is 0 Å². The van der Waals surface area contributed by atoms with Gasteiger partial charge in [0.05, 0.1) is 16.3 Å². The number of hydrogen-bond donors (Lipinski definition) is 1. The van der Waals surface area contributed by atoms with Crippen LogP contribution in [0.2, 0.25) is 0 Å². The molecule has 3 heterocycles.